The molecule has 0 bridgehead atoms. The van der Waals surface area contributed by atoms with Crippen molar-refractivity contribution in [1.29, 1.82) is 0 Å². The Bertz CT molecular complexity index is 1720. The minimum absolute atomic E-state index is 0.267. The van der Waals surface area contributed by atoms with Gasteiger partial charge in [0, 0.05) is 0 Å². The molecule has 4 unspecified atom stereocenters. The number of likely N-dealkylation sites (N-methyl/N-ethyl adjacent to an activating group) is 2. The van der Waals surface area contributed by atoms with Crippen LogP contribution in [0.5, 0.6) is 0 Å². The molecule has 0 spiro atoms. The summed E-state index contributed by atoms with van der Waals surface area (Å²) in [6, 6.07) is 18.2. The Morgan fingerprint density at radius 1 is 0.558 bits per heavy atom. The first kappa shape index (κ1) is 39.8. The number of quaternary nitrogens is 2. The van der Waals surface area contributed by atoms with E-state index in [1.54, 1.807) is 0 Å². The summed E-state index contributed by atoms with van der Waals surface area (Å²) in [5.74, 6) is 0. The van der Waals surface area contributed by atoms with E-state index in [-0.39, 0.29) is 10.8 Å². The van der Waals surface area contributed by atoms with Crippen molar-refractivity contribution in [3.8, 4) is 11.1 Å². The second kappa shape index (κ2) is 15.5. The zero-order valence-corrected chi connectivity index (χ0v) is 32.8. The quantitative estimate of drug-likeness (QED) is 0.112. The number of fused-ring (bicyclic) bond motifs is 2. The van der Waals surface area contributed by atoms with Crippen molar-refractivity contribution in [2.24, 2.45) is 0 Å². The van der Waals surface area contributed by atoms with Gasteiger partial charge in [0.2, 0.25) is 0 Å². The van der Waals surface area contributed by atoms with Crippen LogP contribution in [-0.2, 0) is 34.9 Å². The molecule has 9 heteroatoms. The van der Waals surface area contributed by atoms with Gasteiger partial charge in [0.25, 0.3) is 0 Å². The Morgan fingerprint density at radius 3 is 1.15 bits per heavy atom. The van der Waals surface area contributed by atoms with Gasteiger partial charge in [-0.25, -0.2) is 0 Å². The molecule has 52 heavy (non-hydrogen) atoms. The van der Waals surface area contributed by atoms with Crippen molar-refractivity contribution in [2.45, 2.75) is 49.7 Å². The van der Waals surface area contributed by atoms with Crippen molar-refractivity contribution < 1.29 is 35.6 Å². The summed E-state index contributed by atoms with van der Waals surface area (Å²) in [7, 11) is 1.34. The monoisotopic (exact) mass is 730 g/mol. The Labute approximate surface area is 312 Å². The molecule has 0 saturated heterocycles. The average Bonchev–Trinajstić information content (AvgIpc) is 3.14. The lowest BCUT2D eigenvalue weighted by Crippen LogP contribution is -2.57. The van der Waals surface area contributed by atoms with Gasteiger partial charge >= 0.3 is 10.4 Å². The number of nitrogens with zero attached hydrogens (tertiary/aromatic N) is 2. The summed E-state index contributed by atoms with van der Waals surface area (Å²) < 4.78 is 45.2. The highest BCUT2D eigenvalue weighted by Gasteiger charge is 2.55. The third-order valence-electron chi connectivity index (χ3n) is 12.4. The van der Waals surface area contributed by atoms with E-state index in [1.165, 1.54) is 22.3 Å². The molecule has 1 N–H and O–H groups in total. The van der Waals surface area contributed by atoms with Gasteiger partial charge in [-0.15, -0.1) is 0 Å². The van der Waals surface area contributed by atoms with E-state index in [1.807, 2.05) is 0 Å². The first-order chi connectivity index (χ1) is 24.7. The van der Waals surface area contributed by atoms with E-state index < -0.39 is 21.6 Å². The maximum atomic E-state index is 9.33. The summed E-state index contributed by atoms with van der Waals surface area (Å²) in [6.45, 7) is 17.0. The Morgan fingerprint density at radius 2 is 0.885 bits per heavy atom. The fourth-order valence-electron chi connectivity index (χ4n) is 7.52. The van der Waals surface area contributed by atoms with Crippen molar-refractivity contribution in [2.75, 3.05) is 73.7 Å². The molecule has 8 nitrogen and oxygen atoms in total. The molecule has 2 aromatic rings. The molecule has 0 radical (unpaired) electrons. The maximum absolute atomic E-state index is 9.33. The Kier molecular flexibility index (Phi) is 11.9. The standard InChI is InChI=1S/C42H54N2O2.CH4O4S/c1-7-43(5,8-2)31-33-45-41-25-13-11-23-39(41,27-29-41)37-19-15-35(16-20-37)36-17-21-38(22-18-36)40-24-12-14-26-42(40,30-28-40)46-34-32-44(6,9-3)10-4;1-5-6(2,3)4/h11-30H,7-10,31-34H2,1-6H3;1H3,(H,2,3,4)/q+2;. The molecule has 6 rings (SSSR count). The molecule has 0 heterocycles. The second-order valence-corrected chi connectivity index (χ2v) is 16.0. The number of rotatable bonds is 16. The predicted octanol–water partition coefficient (Wildman–Crippen LogP) is 7.14. The second-order valence-electron chi connectivity index (χ2n) is 14.8. The molecular formula is C43H58N2O6S+2. The first-order valence-corrected chi connectivity index (χ1v) is 19.9. The number of hydrogen-bond acceptors (Lipinski definition) is 5. The van der Waals surface area contributed by atoms with Gasteiger partial charge in [-0.3, -0.25) is 8.74 Å². The third kappa shape index (κ3) is 7.51. The molecule has 4 aliphatic rings. The maximum Gasteiger partial charge on any atom is 0.397 e. The molecule has 0 saturated carbocycles. The largest absolute Gasteiger partial charge is 0.397 e. The van der Waals surface area contributed by atoms with Crippen LogP contribution < -0.4 is 0 Å². The van der Waals surface area contributed by atoms with Gasteiger partial charge in [-0.05, 0) is 62.1 Å². The van der Waals surface area contributed by atoms with E-state index in [0.29, 0.717) is 0 Å². The average molecular weight is 731 g/mol. The molecule has 0 fully saturated rings. The summed E-state index contributed by atoms with van der Waals surface area (Å²) in [4.78, 5) is 0. The first-order valence-electron chi connectivity index (χ1n) is 18.6. The summed E-state index contributed by atoms with van der Waals surface area (Å²) in [5, 5.41) is 0. The highest BCUT2D eigenvalue weighted by atomic mass is 32.3. The highest BCUT2D eigenvalue weighted by molar-refractivity contribution is 7.80. The van der Waals surface area contributed by atoms with Gasteiger partial charge in [-0.2, -0.15) is 8.42 Å². The molecule has 4 aliphatic carbocycles. The van der Waals surface area contributed by atoms with E-state index in [4.69, 9.17) is 14.0 Å². The van der Waals surface area contributed by atoms with E-state index in [0.717, 1.165) is 68.6 Å². The van der Waals surface area contributed by atoms with Crippen LogP contribution in [0.15, 0.2) is 121 Å². The summed E-state index contributed by atoms with van der Waals surface area (Å²) in [5.41, 5.74) is 3.58. The van der Waals surface area contributed by atoms with Crippen LogP contribution in [0, 0.1) is 0 Å². The molecule has 0 aliphatic heterocycles. The van der Waals surface area contributed by atoms with E-state index >= 15 is 0 Å². The smallest absolute Gasteiger partial charge is 0.359 e. The van der Waals surface area contributed by atoms with E-state index in [2.05, 4.69) is 167 Å². The van der Waals surface area contributed by atoms with Crippen LogP contribution in [0.2, 0.25) is 0 Å². The molecule has 0 aromatic heterocycles. The Hall–Kier alpha value is -3.41. The lowest BCUT2D eigenvalue weighted by molar-refractivity contribution is -0.906. The van der Waals surface area contributed by atoms with Crippen LogP contribution in [0.25, 0.3) is 11.1 Å². The third-order valence-corrected chi connectivity index (χ3v) is 12.8. The Balaban J connectivity index is 0.000000803. The molecular weight excluding hydrogens is 673 g/mol. The molecule has 280 valence electrons. The number of allylic oxidation sites excluding steroid dienone is 4. The van der Waals surface area contributed by atoms with Crippen LogP contribution in [0.4, 0.5) is 0 Å². The van der Waals surface area contributed by atoms with Gasteiger partial charge in [0.1, 0.15) is 24.3 Å². The minimum atomic E-state index is -4.16. The SMILES string of the molecule is CC[N+](C)(CC)CCOC12C=CC=CC1(c1ccc(-c3ccc(C45C=CC=CC4(OCC[N+](C)(CC)CC)C=C5)cc3)cc1)C=C2.COS(=O)(=O)O. The highest BCUT2D eigenvalue weighted by Crippen LogP contribution is 2.53. The minimum Gasteiger partial charge on any atom is -0.359 e. The summed E-state index contributed by atoms with van der Waals surface area (Å²) >= 11 is 0. The predicted molar refractivity (Wildman–Crippen MR) is 210 cm³/mol. The lowest BCUT2D eigenvalue weighted by Gasteiger charge is -2.52. The van der Waals surface area contributed by atoms with E-state index in [9.17, 15) is 8.42 Å². The topological polar surface area (TPSA) is 82.1 Å². The van der Waals surface area contributed by atoms with Crippen LogP contribution in [-0.4, -0.2) is 107 Å². The van der Waals surface area contributed by atoms with Crippen LogP contribution in [0.3, 0.4) is 0 Å². The lowest BCUT2D eigenvalue weighted by atomic mass is 9.57. The molecule has 4 atom stereocenters. The van der Waals surface area contributed by atoms with Crippen molar-refractivity contribution in [3.05, 3.63) is 133 Å². The van der Waals surface area contributed by atoms with Crippen molar-refractivity contribution in [1.82, 2.24) is 0 Å². The number of benzene rings is 2. The van der Waals surface area contributed by atoms with Crippen molar-refractivity contribution >= 4 is 10.4 Å². The molecule has 2 aromatic carbocycles. The fraction of sp³-hybridized carbons (Fsp3) is 0.442. The van der Waals surface area contributed by atoms with Crippen LogP contribution in [0.1, 0.15) is 38.8 Å². The van der Waals surface area contributed by atoms with Gasteiger partial charge in [0.05, 0.1) is 71.4 Å². The van der Waals surface area contributed by atoms with Gasteiger partial charge in [0.15, 0.2) is 0 Å². The van der Waals surface area contributed by atoms with Gasteiger partial charge < -0.3 is 18.4 Å². The summed E-state index contributed by atoms with van der Waals surface area (Å²) in [6.07, 6.45) is 26.8. The normalized spacial score (nSPS) is 26.9. The number of ether oxygens (including phenoxy) is 2. The zero-order chi connectivity index (χ0) is 37.7. The van der Waals surface area contributed by atoms with Crippen molar-refractivity contribution in [3.63, 3.8) is 0 Å². The van der Waals surface area contributed by atoms with Crippen LogP contribution >= 0.6 is 0 Å². The zero-order valence-electron chi connectivity index (χ0n) is 32.0. The molecule has 0 amide bonds. The number of hydrogen-bond donors (Lipinski definition) is 1. The fourth-order valence-corrected chi connectivity index (χ4v) is 7.52. The van der Waals surface area contributed by atoms with Gasteiger partial charge in [-0.1, -0.05) is 109 Å².